The van der Waals surface area contributed by atoms with Gasteiger partial charge in [-0.25, -0.2) is 0 Å². The van der Waals surface area contributed by atoms with Crippen LogP contribution in [0.3, 0.4) is 0 Å². The fourth-order valence-electron chi connectivity index (χ4n) is 7.62. The summed E-state index contributed by atoms with van der Waals surface area (Å²) in [6, 6.07) is 54.7. The molecule has 1 aliphatic rings. The van der Waals surface area contributed by atoms with Crippen molar-refractivity contribution in [3.05, 3.63) is 168 Å². The first-order chi connectivity index (χ1) is 22.0. The Labute approximate surface area is 267 Å². The highest BCUT2D eigenvalue weighted by atomic mass is 14.3. The van der Waals surface area contributed by atoms with Crippen LogP contribution in [0.25, 0.3) is 54.9 Å². The molecule has 7 aromatic carbocycles. The van der Waals surface area contributed by atoms with Crippen LogP contribution in [0.5, 0.6) is 0 Å². The largest absolute Gasteiger partial charge is 0.0622 e. The van der Waals surface area contributed by atoms with Crippen LogP contribution in [0.4, 0.5) is 0 Å². The monoisotopic (exact) mass is 578 g/mol. The van der Waals surface area contributed by atoms with E-state index in [2.05, 4.69) is 166 Å². The van der Waals surface area contributed by atoms with Gasteiger partial charge in [0.2, 0.25) is 0 Å². The minimum absolute atomic E-state index is 0.121. The van der Waals surface area contributed by atoms with E-state index in [1.54, 1.807) is 0 Å². The lowest BCUT2D eigenvalue weighted by molar-refractivity contribution is 0.590. The lowest BCUT2D eigenvalue weighted by Crippen LogP contribution is -2.10. The Morgan fingerprint density at radius 3 is 1.64 bits per heavy atom. The maximum Gasteiger partial charge on any atom is 0.00986 e. The van der Waals surface area contributed by atoms with Gasteiger partial charge in [-0.2, -0.15) is 0 Å². The van der Waals surface area contributed by atoms with Gasteiger partial charge in [0.15, 0.2) is 0 Å². The quantitative estimate of drug-likeness (QED) is 0.183. The average molecular weight is 579 g/mol. The van der Waals surface area contributed by atoms with Crippen LogP contribution in [0.15, 0.2) is 146 Å². The van der Waals surface area contributed by atoms with Crippen LogP contribution in [0.1, 0.15) is 55.4 Å². The molecule has 0 saturated heterocycles. The van der Waals surface area contributed by atoms with Crippen LogP contribution in [-0.2, 0) is 11.8 Å². The highest BCUT2D eigenvalue weighted by Crippen LogP contribution is 2.47. The van der Waals surface area contributed by atoms with Crippen molar-refractivity contribution in [1.82, 2.24) is 0 Å². The van der Waals surface area contributed by atoms with Gasteiger partial charge in [0.05, 0.1) is 0 Å². The lowest BCUT2D eigenvalue weighted by atomic mass is 9.82. The molecular weight excluding hydrogens is 540 g/mol. The molecule has 0 amide bonds. The van der Waals surface area contributed by atoms with Crippen molar-refractivity contribution < 1.29 is 0 Å². The molecule has 45 heavy (non-hydrogen) atoms. The summed E-state index contributed by atoms with van der Waals surface area (Å²) >= 11 is 0. The molecule has 8 rings (SSSR count). The van der Waals surface area contributed by atoms with Gasteiger partial charge in [0, 0.05) is 5.92 Å². The Kier molecular flexibility index (Phi) is 6.68. The summed E-state index contributed by atoms with van der Waals surface area (Å²) in [6.07, 6.45) is 2.19. The van der Waals surface area contributed by atoms with Gasteiger partial charge >= 0.3 is 0 Å². The van der Waals surface area contributed by atoms with Crippen LogP contribution in [0.2, 0.25) is 0 Å². The zero-order valence-corrected chi connectivity index (χ0v) is 26.3. The molecule has 0 radical (unpaired) electrons. The van der Waals surface area contributed by atoms with Crippen molar-refractivity contribution in [2.75, 3.05) is 0 Å². The molecule has 1 atom stereocenters. The van der Waals surface area contributed by atoms with Gasteiger partial charge in [-0.3, -0.25) is 0 Å². The van der Waals surface area contributed by atoms with E-state index in [0.717, 1.165) is 12.8 Å². The molecule has 0 fully saturated rings. The Balaban J connectivity index is 1.39. The van der Waals surface area contributed by atoms with Crippen LogP contribution in [0, 0.1) is 0 Å². The van der Waals surface area contributed by atoms with Crippen molar-refractivity contribution in [1.29, 1.82) is 0 Å². The molecular formula is C45H38. The second-order valence-corrected chi connectivity index (χ2v) is 13.6. The molecule has 0 spiro atoms. The average Bonchev–Trinajstić information content (AvgIpc) is 3.24. The van der Waals surface area contributed by atoms with Gasteiger partial charge in [-0.05, 0) is 102 Å². The van der Waals surface area contributed by atoms with E-state index >= 15 is 0 Å². The first kappa shape index (κ1) is 27.6. The maximum atomic E-state index is 2.49. The molecule has 0 heterocycles. The third kappa shape index (κ3) is 4.77. The number of benzene rings is 7. The Morgan fingerprint density at radius 2 is 1.02 bits per heavy atom. The molecule has 1 unspecified atom stereocenters. The van der Waals surface area contributed by atoms with E-state index < -0.39 is 0 Å². The standard InChI is InChI=1S/C45H38/c1-45(2,3)34-25-21-32(22-26-34)43-38-17-9-11-19-40(38)44(41-20-12-10-18-39(41)43)33-24-28-37-36(30-13-5-4-6-14-30)27-23-31-15-7-8-16-35(31)42(37)29-33/h4-22,24-26,28-29,36H,23,27H2,1-3H3. The van der Waals surface area contributed by atoms with Gasteiger partial charge in [-0.15, -0.1) is 0 Å². The topological polar surface area (TPSA) is 0 Å². The summed E-state index contributed by atoms with van der Waals surface area (Å²) in [7, 11) is 0. The fourth-order valence-corrected chi connectivity index (χ4v) is 7.62. The fraction of sp³-hybridized carbons (Fsp3) is 0.156. The number of aryl methyl sites for hydroxylation is 1. The predicted molar refractivity (Wildman–Crippen MR) is 193 cm³/mol. The molecule has 218 valence electrons. The number of hydrogen-bond donors (Lipinski definition) is 0. The molecule has 0 N–H and O–H groups in total. The Bertz CT molecular complexity index is 2120. The smallest absolute Gasteiger partial charge is 0.00986 e. The number of fused-ring (bicyclic) bond motifs is 5. The van der Waals surface area contributed by atoms with E-state index in [9.17, 15) is 0 Å². The van der Waals surface area contributed by atoms with E-state index in [1.165, 1.54) is 77.2 Å². The zero-order valence-electron chi connectivity index (χ0n) is 26.3. The summed E-state index contributed by atoms with van der Waals surface area (Å²) in [6.45, 7) is 6.84. The third-order valence-electron chi connectivity index (χ3n) is 9.90. The molecule has 0 nitrogen and oxygen atoms in total. The highest BCUT2D eigenvalue weighted by molar-refractivity contribution is 6.21. The van der Waals surface area contributed by atoms with E-state index in [1.807, 2.05) is 0 Å². The van der Waals surface area contributed by atoms with Crippen molar-refractivity contribution in [2.45, 2.75) is 44.9 Å². The van der Waals surface area contributed by atoms with Crippen molar-refractivity contribution in [3.8, 4) is 33.4 Å². The van der Waals surface area contributed by atoms with E-state index in [4.69, 9.17) is 0 Å². The zero-order chi connectivity index (χ0) is 30.5. The Hall–Kier alpha value is -4.94. The lowest BCUT2D eigenvalue weighted by Gasteiger charge is -2.22. The second-order valence-electron chi connectivity index (χ2n) is 13.6. The van der Waals surface area contributed by atoms with Crippen LogP contribution >= 0.6 is 0 Å². The number of rotatable bonds is 3. The van der Waals surface area contributed by atoms with Gasteiger partial charge < -0.3 is 0 Å². The normalized spacial score (nSPS) is 14.6. The van der Waals surface area contributed by atoms with Crippen molar-refractivity contribution in [3.63, 3.8) is 0 Å². The first-order valence-corrected chi connectivity index (χ1v) is 16.3. The van der Waals surface area contributed by atoms with Crippen molar-refractivity contribution in [2.24, 2.45) is 0 Å². The molecule has 1 aliphatic carbocycles. The molecule has 0 aromatic heterocycles. The van der Waals surface area contributed by atoms with Crippen molar-refractivity contribution >= 4 is 21.5 Å². The van der Waals surface area contributed by atoms with Crippen LogP contribution in [-0.4, -0.2) is 0 Å². The van der Waals surface area contributed by atoms with E-state index in [-0.39, 0.29) is 5.41 Å². The molecule has 0 saturated carbocycles. The van der Waals surface area contributed by atoms with E-state index in [0.29, 0.717) is 5.92 Å². The number of hydrogen-bond acceptors (Lipinski definition) is 0. The molecule has 0 aliphatic heterocycles. The summed E-state index contributed by atoms with van der Waals surface area (Å²) in [5, 5.41) is 5.19. The summed E-state index contributed by atoms with van der Waals surface area (Å²) in [4.78, 5) is 0. The first-order valence-electron chi connectivity index (χ1n) is 16.3. The second kappa shape index (κ2) is 10.9. The van der Waals surface area contributed by atoms with Gasteiger partial charge in [0.1, 0.15) is 0 Å². The van der Waals surface area contributed by atoms with Crippen LogP contribution < -0.4 is 0 Å². The van der Waals surface area contributed by atoms with Gasteiger partial charge in [0.25, 0.3) is 0 Å². The minimum atomic E-state index is 0.121. The third-order valence-corrected chi connectivity index (χ3v) is 9.90. The maximum absolute atomic E-state index is 2.49. The summed E-state index contributed by atoms with van der Waals surface area (Å²) < 4.78 is 0. The Morgan fingerprint density at radius 1 is 0.489 bits per heavy atom. The summed E-state index contributed by atoms with van der Waals surface area (Å²) in [5.41, 5.74) is 13.7. The molecule has 0 bridgehead atoms. The predicted octanol–water partition coefficient (Wildman–Crippen LogP) is 12.4. The molecule has 7 aromatic rings. The SMILES string of the molecule is CC(C)(C)c1ccc(-c2c3ccccc3c(-c3ccc4c(c3)-c3ccccc3CCC4c3ccccc3)c3ccccc23)cc1. The molecule has 0 heteroatoms. The highest BCUT2D eigenvalue weighted by Gasteiger charge is 2.25. The van der Waals surface area contributed by atoms with Gasteiger partial charge in [-0.1, -0.05) is 160 Å². The summed E-state index contributed by atoms with van der Waals surface area (Å²) in [5.74, 6) is 0.370. The minimum Gasteiger partial charge on any atom is -0.0622 e.